The molecule has 13 heteroatoms. The van der Waals surface area contributed by atoms with Crippen LogP contribution in [0.2, 0.25) is 5.02 Å². The van der Waals surface area contributed by atoms with Crippen molar-refractivity contribution in [2.75, 3.05) is 66.7 Å². The molecule has 0 saturated carbocycles. The Labute approximate surface area is 273 Å². The number of ether oxygens (including phenoxy) is 2. The van der Waals surface area contributed by atoms with E-state index in [0.717, 1.165) is 62.6 Å². The third kappa shape index (κ3) is 8.36. The first-order valence-electron chi connectivity index (χ1n) is 15.1. The largest absolute Gasteiger partial charge is 0.494 e. The Kier molecular flexibility index (Phi) is 10.4. The fourth-order valence-electron chi connectivity index (χ4n) is 5.64. The van der Waals surface area contributed by atoms with Crippen molar-refractivity contribution >= 4 is 63.9 Å². The molecule has 0 spiro atoms. The highest BCUT2D eigenvalue weighted by molar-refractivity contribution is 7.67. The van der Waals surface area contributed by atoms with Gasteiger partial charge in [-0.25, -0.2) is 9.19 Å². The summed E-state index contributed by atoms with van der Waals surface area (Å²) in [7, 11) is 3.37. The van der Waals surface area contributed by atoms with Crippen LogP contribution < -0.4 is 24.6 Å². The third-order valence-corrected chi connectivity index (χ3v) is 8.73. The summed E-state index contributed by atoms with van der Waals surface area (Å²) in [6.07, 6.45) is 3.72. The lowest BCUT2D eigenvalue weighted by atomic mass is 9.92. The van der Waals surface area contributed by atoms with E-state index in [-0.39, 0.29) is 23.7 Å². The molecule has 2 N–H and O–H groups in total. The molecule has 1 aromatic heterocycles. The average Bonchev–Trinajstić information content (AvgIpc) is 3.00. The number of likely N-dealkylation sites (tertiary alicyclic amines) is 1. The van der Waals surface area contributed by atoms with Gasteiger partial charge in [-0.3, -0.25) is 9.10 Å². The highest BCUT2D eigenvalue weighted by Crippen LogP contribution is 2.35. The summed E-state index contributed by atoms with van der Waals surface area (Å²) < 4.78 is 24.3. The number of carbonyl (C=O) groups is 1. The Balaban J connectivity index is 1.17. The lowest BCUT2D eigenvalue weighted by molar-refractivity contribution is -0.166. The van der Waals surface area contributed by atoms with Gasteiger partial charge in [0, 0.05) is 51.5 Å². The van der Waals surface area contributed by atoms with Crippen molar-refractivity contribution in [3.05, 3.63) is 53.7 Å². The SMILES string of the molecule is COc1cc(N2CCC(CN3CC(C(=O)OC(C)(C)C)C3)CC2)ccc1Nc1ncc(Cl)c(Nc2ccccc2N(C)[SH]=O)n1. The van der Waals surface area contributed by atoms with Gasteiger partial charge in [0.05, 0.1) is 36.3 Å². The summed E-state index contributed by atoms with van der Waals surface area (Å²) in [5, 5.41) is 6.83. The molecular formula is C32H42ClN7O4S. The van der Waals surface area contributed by atoms with Gasteiger partial charge in [-0.1, -0.05) is 23.7 Å². The topological polar surface area (TPSA) is 112 Å². The minimum absolute atomic E-state index is 0.00173. The van der Waals surface area contributed by atoms with Crippen LogP contribution in [0.5, 0.6) is 5.75 Å². The number of halogens is 1. The molecule has 2 fully saturated rings. The quantitative estimate of drug-likeness (QED) is 0.183. The smallest absolute Gasteiger partial charge is 0.312 e. The summed E-state index contributed by atoms with van der Waals surface area (Å²) in [5.41, 5.74) is 2.83. The van der Waals surface area contributed by atoms with Crippen molar-refractivity contribution in [1.82, 2.24) is 14.9 Å². The molecule has 0 bridgehead atoms. The Bertz CT molecular complexity index is 1510. The van der Waals surface area contributed by atoms with Gasteiger partial charge >= 0.3 is 5.97 Å². The van der Waals surface area contributed by atoms with Crippen LogP contribution in [0.15, 0.2) is 48.7 Å². The second-order valence-corrected chi connectivity index (χ2v) is 13.7. The van der Waals surface area contributed by atoms with Crippen molar-refractivity contribution in [3.63, 3.8) is 0 Å². The molecule has 2 saturated heterocycles. The zero-order valence-corrected chi connectivity index (χ0v) is 28.1. The van der Waals surface area contributed by atoms with E-state index in [9.17, 15) is 9.00 Å². The highest BCUT2D eigenvalue weighted by atomic mass is 35.5. The number of para-hydroxylation sites is 2. The molecule has 2 aliphatic heterocycles. The van der Waals surface area contributed by atoms with E-state index in [2.05, 4.69) is 36.5 Å². The van der Waals surface area contributed by atoms with Gasteiger partial charge in [-0.2, -0.15) is 4.98 Å². The van der Waals surface area contributed by atoms with E-state index in [4.69, 9.17) is 21.1 Å². The van der Waals surface area contributed by atoms with Gasteiger partial charge in [0.1, 0.15) is 28.2 Å². The molecule has 0 atom stereocenters. The van der Waals surface area contributed by atoms with Crippen molar-refractivity contribution in [2.45, 2.75) is 39.2 Å². The van der Waals surface area contributed by atoms with Gasteiger partial charge in [-0.15, -0.1) is 0 Å². The molecule has 2 aliphatic rings. The number of methoxy groups -OCH3 is 1. The van der Waals surface area contributed by atoms with Crippen LogP contribution in [0.3, 0.4) is 0 Å². The monoisotopic (exact) mass is 655 g/mol. The van der Waals surface area contributed by atoms with Gasteiger partial charge in [0.25, 0.3) is 0 Å². The van der Waals surface area contributed by atoms with Crippen LogP contribution >= 0.6 is 11.6 Å². The van der Waals surface area contributed by atoms with Crippen LogP contribution in [-0.2, 0) is 21.4 Å². The number of esters is 1. The summed E-state index contributed by atoms with van der Waals surface area (Å²) in [5.74, 6) is 1.97. The van der Waals surface area contributed by atoms with Gasteiger partial charge in [-0.05, 0) is 63.8 Å². The number of thiol groups is 1. The number of rotatable bonds is 11. The van der Waals surface area contributed by atoms with Crippen molar-refractivity contribution in [3.8, 4) is 5.75 Å². The summed E-state index contributed by atoms with van der Waals surface area (Å²) in [6.45, 7) is 10.3. The Morgan fingerprint density at radius 3 is 2.53 bits per heavy atom. The molecule has 3 heterocycles. The Hall–Kier alpha value is -3.61. The second kappa shape index (κ2) is 14.2. The van der Waals surface area contributed by atoms with E-state index in [1.807, 2.05) is 57.2 Å². The number of nitrogens with one attached hydrogen (secondary N) is 2. The molecule has 0 unspecified atom stereocenters. The third-order valence-electron chi connectivity index (χ3n) is 8.00. The zero-order valence-electron chi connectivity index (χ0n) is 26.4. The number of hydrogen-bond acceptors (Lipinski definition) is 10. The molecule has 0 aliphatic carbocycles. The Morgan fingerprint density at radius 2 is 1.84 bits per heavy atom. The van der Waals surface area contributed by atoms with E-state index in [1.54, 1.807) is 18.5 Å². The number of anilines is 6. The molecular weight excluding hydrogens is 614 g/mol. The van der Waals surface area contributed by atoms with Crippen LogP contribution in [0.4, 0.5) is 34.5 Å². The molecule has 5 rings (SSSR count). The number of nitrogens with zero attached hydrogens (tertiary/aromatic N) is 5. The molecule has 3 aromatic rings. The van der Waals surface area contributed by atoms with Crippen molar-refractivity contribution < 1.29 is 18.5 Å². The van der Waals surface area contributed by atoms with Crippen molar-refractivity contribution in [2.24, 2.45) is 11.8 Å². The summed E-state index contributed by atoms with van der Waals surface area (Å²) in [4.78, 5) is 26.0. The molecule has 0 radical (unpaired) electrons. The van der Waals surface area contributed by atoms with Crippen LogP contribution in [0.1, 0.15) is 33.6 Å². The first-order chi connectivity index (χ1) is 21.5. The predicted octanol–water partition coefficient (Wildman–Crippen LogP) is 5.41. The highest BCUT2D eigenvalue weighted by Gasteiger charge is 2.37. The van der Waals surface area contributed by atoms with Crippen LogP contribution in [-0.4, -0.2) is 77.5 Å². The van der Waals surface area contributed by atoms with E-state index < -0.39 is 5.60 Å². The number of carbonyl (C=O) groups excluding carboxylic acids is 1. The number of benzene rings is 2. The first-order valence-corrected chi connectivity index (χ1v) is 16.3. The maximum absolute atomic E-state index is 12.3. The van der Waals surface area contributed by atoms with Gasteiger partial charge in [0.2, 0.25) is 5.95 Å². The minimum Gasteiger partial charge on any atom is -0.494 e. The zero-order chi connectivity index (χ0) is 32.1. The maximum Gasteiger partial charge on any atom is 0.312 e. The maximum atomic E-state index is 12.3. The first kappa shape index (κ1) is 32.8. The number of aromatic nitrogens is 2. The predicted molar refractivity (Wildman–Crippen MR) is 182 cm³/mol. The fraction of sp³-hybridized carbons (Fsp3) is 0.469. The van der Waals surface area contributed by atoms with Crippen LogP contribution in [0, 0.1) is 11.8 Å². The normalized spacial score (nSPS) is 16.2. The van der Waals surface area contributed by atoms with Gasteiger partial charge < -0.3 is 29.9 Å². The minimum atomic E-state index is -0.434. The Morgan fingerprint density at radius 1 is 1.11 bits per heavy atom. The molecule has 45 heavy (non-hydrogen) atoms. The molecule has 242 valence electrons. The standard InChI is InChI=1S/C32H42ClN7O4S/c1-32(2,3)44-30(41)22-19-39(20-22)18-21-12-14-40(15-13-21)23-10-11-26(28(16-23)43-5)36-31-34-17-24(33)29(37-31)35-25-8-6-7-9-27(25)38(4)45-42/h6-11,16-17,21-22,45H,12-15,18-20H2,1-5H3,(H2,34,35,36,37). The molecule has 0 amide bonds. The fourth-order valence-corrected chi connectivity index (χ4v) is 6.04. The van der Waals surface area contributed by atoms with Crippen molar-refractivity contribution in [1.29, 1.82) is 0 Å². The average molecular weight is 656 g/mol. The lowest BCUT2D eigenvalue weighted by Gasteiger charge is -2.42. The van der Waals surface area contributed by atoms with Gasteiger partial charge in [0.15, 0.2) is 5.82 Å². The van der Waals surface area contributed by atoms with E-state index >= 15 is 0 Å². The van der Waals surface area contributed by atoms with E-state index in [0.29, 0.717) is 34.1 Å². The number of hydrogen-bond donors (Lipinski definition) is 3. The molecule has 2 aromatic carbocycles. The number of piperidine rings is 1. The van der Waals surface area contributed by atoms with Crippen LogP contribution in [0.25, 0.3) is 0 Å². The summed E-state index contributed by atoms with van der Waals surface area (Å²) in [6, 6.07) is 13.5. The molecule has 11 nitrogen and oxygen atoms in total. The summed E-state index contributed by atoms with van der Waals surface area (Å²) >= 11 is 6.29. The van der Waals surface area contributed by atoms with E-state index in [1.165, 1.54) is 6.20 Å². The lowest BCUT2D eigenvalue weighted by Crippen LogP contribution is -2.53. The second-order valence-electron chi connectivity index (χ2n) is 12.5.